The fraction of sp³-hybridized carbons (Fsp3) is 0.733. The van der Waals surface area contributed by atoms with E-state index in [0.717, 1.165) is 12.8 Å². The van der Waals surface area contributed by atoms with Gasteiger partial charge in [-0.05, 0) is 26.2 Å². The maximum absolute atomic E-state index is 11.3. The molecule has 0 fully saturated rings. The molecule has 0 bridgehead atoms. The number of Topliss-reactive ketones (excluding diaryl/α,β-unsaturated/α-hetero) is 1. The fourth-order valence-electron chi connectivity index (χ4n) is 1.77. The number of rotatable bonds is 11. The van der Waals surface area contributed by atoms with Crippen molar-refractivity contribution in [2.75, 3.05) is 6.54 Å². The predicted octanol–water partition coefficient (Wildman–Crippen LogP) is 3.39. The first-order chi connectivity index (χ1) is 8.66. The summed E-state index contributed by atoms with van der Waals surface area (Å²) in [6.45, 7) is 3.68. The van der Waals surface area contributed by atoms with Gasteiger partial charge in [-0.2, -0.15) is 0 Å². The minimum atomic E-state index is -0.135. The van der Waals surface area contributed by atoms with Crippen LogP contribution in [0.1, 0.15) is 65.2 Å². The van der Waals surface area contributed by atoms with Crippen LogP contribution in [0.25, 0.3) is 0 Å². The van der Waals surface area contributed by atoms with E-state index < -0.39 is 0 Å². The van der Waals surface area contributed by atoms with E-state index in [0.29, 0.717) is 6.42 Å². The van der Waals surface area contributed by atoms with Crippen LogP contribution in [0.5, 0.6) is 0 Å². The summed E-state index contributed by atoms with van der Waals surface area (Å²) in [5.41, 5.74) is 0. The standard InChI is InChI=1S/C15H27NO2/c1-3-4-5-6-7-8-9-10-11-12-15(18)13-16-14(2)17/h3-4H,5-13H2,1-2H3,(H,16,17)/b4-3+. The second-order valence-electron chi connectivity index (χ2n) is 4.68. The molecule has 1 amide bonds. The average molecular weight is 253 g/mol. The van der Waals surface area contributed by atoms with Gasteiger partial charge >= 0.3 is 0 Å². The Balaban J connectivity index is 3.19. The lowest BCUT2D eigenvalue weighted by Gasteiger charge is -2.02. The minimum Gasteiger partial charge on any atom is -0.349 e. The van der Waals surface area contributed by atoms with Gasteiger partial charge in [-0.1, -0.05) is 37.8 Å². The Kier molecular flexibility index (Phi) is 11.6. The van der Waals surface area contributed by atoms with E-state index in [4.69, 9.17) is 0 Å². The second kappa shape index (κ2) is 12.3. The van der Waals surface area contributed by atoms with Crippen LogP contribution in [0.15, 0.2) is 12.2 Å². The Morgan fingerprint density at radius 3 is 2.22 bits per heavy atom. The molecule has 0 aromatic carbocycles. The van der Waals surface area contributed by atoms with Gasteiger partial charge in [0, 0.05) is 13.3 Å². The monoisotopic (exact) mass is 253 g/mol. The molecule has 0 saturated heterocycles. The molecular formula is C15H27NO2. The van der Waals surface area contributed by atoms with Gasteiger partial charge < -0.3 is 5.32 Å². The highest BCUT2D eigenvalue weighted by molar-refractivity contribution is 5.85. The highest BCUT2D eigenvalue weighted by atomic mass is 16.2. The van der Waals surface area contributed by atoms with Crippen LogP contribution >= 0.6 is 0 Å². The number of ketones is 1. The van der Waals surface area contributed by atoms with Gasteiger partial charge in [-0.3, -0.25) is 9.59 Å². The van der Waals surface area contributed by atoms with Gasteiger partial charge in [0.05, 0.1) is 6.54 Å². The number of amides is 1. The van der Waals surface area contributed by atoms with Gasteiger partial charge in [0.2, 0.25) is 5.91 Å². The van der Waals surface area contributed by atoms with Crippen molar-refractivity contribution in [1.29, 1.82) is 0 Å². The quantitative estimate of drug-likeness (QED) is 0.453. The molecule has 18 heavy (non-hydrogen) atoms. The normalized spacial score (nSPS) is 10.8. The Morgan fingerprint density at radius 2 is 1.61 bits per heavy atom. The molecule has 0 spiro atoms. The number of allylic oxidation sites excluding steroid dienone is 2. The van der Waals surface area contributed by atoms with Crippen molar-refractivity contribution in [3.05, 3.63) is 12.2 Å². The van der Waals surface area contributed by atoms with E-state index >= 15 is 0 Å². The zero-order valence-corrected chi connectivity index (χ0v) is 11.8. The van der Waals surface area contributed by atoms with E-state index in [1.165, 1.54) is 39.0 Å². The van der Waals surface area contributed by atoms with E-state index in [2.05, 4.69) is 24.4 Å². The first kappa shape index (κ1) is 16.9. The predicted molar refractivity (Wildman–Crippen MR) is 75.4 cm³/mol. The summed E-state index contributed by atoms with van der Waals surface area (Å²) in [6.07, 6.45) is 13.2. The minimum absolute atomic E-state index is 0.135. The zero-order valence-electron chi connectivity index (χ0n) is 11.8. The van der Waals surface area contributed by atoms with E-state index in [1.54, 1.807) is 0 Å². The molecule has 0 aliphatic heterocycles. The Bertz CT molecular complexity index is 259. The maximum atomic E-state index is 11.3. The highest BCUT2D eigenvalue weighted by Crippen LogP contribution is 2.09. The first-order valence-corrected chi connectivity index (χ1v) is 7.04. The molecule has 0 heterocycles. The molecule has 104 valence electrons. The van der Waals surface area contributed by atoms with Gasteiger partial charge in [-0.15, -0.1) is 0 Å². The van der Waals surface area contributed by atoms with Crippen LogP contribution in [0.2, 0.25) is 0 Å². The maximum Gasteiger partial charge on any atom is 0.217 e. The van der Waals surface area contributed by atoms with Crippen molar-refractivity contribution in [3.8, 4) is 0 Å². The molecule has 0 saturated carbocycles. The lowest BCUT2D eigenvalue weighted by molar-refractivity contribution is -0.123. The number of hydrogen-bond donors (Lipinski definition) is 1. The SMILES string of the molecule is C/C=C/CCCCCCCCC(=O)CNC(C)=O. The summed E-state index contributed by atoms with van der Waals surface area (Å²) in [5.74, 6) is 0.00256. The molecule has 3 nitrogen and oxygen atoms in total. The number of hydrogen-bond acceptors (Lipinski definition) is 2. The summed E-state index contributed by atoms with van der Waals surface area (Å²) < 4.78 is 0. The van der Waals surface area contributed by atoms with Crippen LogP contribution in [0.3, 0.4) is 0 Å². The number of carbonyl (C=O) groups excluding carboxylic acids is 2. The summed E-state index contributed by atoms with van der Waals surface area (Å²) >= 11 is 0. The van der Waals surface area contributed by atoms with Gasteiger partial charge in [0.15, 0.2) is 5.78 Å². The van der Waals surface area contributed by atoms with Gasteiger partial charge in [-0.25, -0.2) is 0 Å². The van der Waals surface area contributed by atoms with Crippen molar-refractivity contribution in [2.24, 2.45) is 0 Å². The number of carbonyl (C=O) groups is 2. The Hall–Kier alpha value is -1.12. The summed E-state index contributed by atoms with van der Waals surface area (Å²) in [7, 11) is 0. The Morgan fingerprint density at radius 1 is 1.00 bits per heavy atom. The third kappa shape index (κ3) is 12.9. The summed E-state index contributed by atoms with van der Waals surface area (Å²) in [6, 6.07) is 0. The largest absolute Gasteiger partial charge is 0.349 e. The smallest absolute Gasteiger partial charge is 0.217 e. The molecule has 0 atom stereocenters. The summed E-state index contributed by atoms with van der Waals surface area (Å²) in [4.78, 5) is 21.9. The first-order valence-electron chi connectivity index (χ1n) is 7.04. The Labute approximate surface area is 111 Å². The molecule has 0 unspecified atom stereocenters. The molecule has 0 radical (unpaired) electrons. The molecule has 0 rings (SSSR count). The van der Waals surface area contributed by atoms with E-state index in [1.807, 2.05) is 0 Å². The van der Waals surface area contributed by atoms with Crippen LogP contribution in [0.4, 0.5) is 0 Å². The van der Waals surface area contributed by atoms with Gasteiger partial charge in [0.1, 0.15) is 0 Å². The van der Waals surface area contributed by atoms with E-state index in [-0.39, 0.29) is 18.2 Å². The third-order valence-electron chi connectivity index (χ3n) is 2.85. The zero-order chi connectivity index (χ0) is 13.6. The fourth-order valence-corrected chi connectivity index (χ4v) is 1.77. The van der Waals surface area contributed by atoms with Crippen LogP contribution < -0.4 is 5.32 Å². The van der Waals surface area contributed by atoms with Crippen molar-refractivity contribution in [1.82, 2.24) is 5.32 Å². The molecule has 0 aliphatic rings. The average Bonchev–Trinajstić information content (AvgIpc) is 2.34. The van der Waals surface area contributed by atoms with Crippen molar-refractivity contribution >= 4 is 11.7 Å². The number of unbranched alkanes of at least 4 members (excludes halogenated alkanes) is 6. The molecular weight excluding hydrogens is 226 g/mol. The second-order valence-corrected chi connectivity index (χ2v) is 4.68. The number of nitrogens with one attached hydrogen (secondary N) is 1. The van der Waals surface area contributed by atoms with Crippen molar-refractivity contribution in [3.63, 3.8) is 0 Å². The topological polar surface area (TPSA) is 46.2 Å². The lowest BCUT2D eigenvalue weighted by Crippen LogP contribution is -2.26. The lowest BCUT2D eigenvalue weighted by atomic mass is 10.1. The van der Waals surface area contributed by atoms with Crippen molar-refractivity contribution < 1.29 is 9.59 Å². The van der Waals surface area contributed by atoms with Crippen LogP contribution in [0, 0.1) is 0 Å². The molecule has 0 aromatic heterocycles. The molecule has 3 heteroatoms. The van der Waals surface area contributed by atoms with E-state index in [9.17, 15) is 9.59 Å². The van der Waals surface area contributed by atoms with Crippen LogP contribution in [-0.2, 0) is 9.59 Å². The molecule has 1 N–H and O–H groups in total. The van der Waals surface area contributed by atoms with Gasteiger partial charge in [0.25, 0.3) is 0 Å². The van der Waals surface area contributed by atoms with Crippen molar-refractivity contribution in [2.45, 2.75) is 65.2 Å². The highest BCUT2D eigenvalue weighted by Gasteiger charge is 2.02. The third-order valence-corrected chi connectivity index (χ3v) is 2.85. The molecule has 0 aliphatic carbocycles. The summed E-state index contributed by atoms with van der Waals surface area (Å²) in [5, 5.41) is 2.53. The van der Waals surface area contributed by atoms with Crippen LogP contribution in [-0.4, -0.2) is 18.2 Å². The molecule has 0 aromatic rings.